The first-order valence-corrected chi connectivity index (χ1v) is 21.0. The summed E-state index contributed by atoms with van der Waals surface area (Å²) in [6.45, 7) is 1.30. The van der Waals surface area contributed by atoms with Gasteiger partial charge >= 0.3 is 17.9 Å². The number of aliphatic hydroxyl groups excluding tert-OH is 1. The van der Waals surface area contributed by atoms with Gasteiger partial charge in [-0.25, -0.2) is 4.79 Å². The summed E-state index contributed by atoms with van der Waals surface area (Å²) in [6, 6.07) is -3.73. The van der Waals surface area contributed by atoms with E-state index in [0.29, 0.717) is 5.56 Å². The zero-order chi connectivity index (χ0) is 49.7. The Hall–Kier alpha value is -7.00. The van der Waals surface area contributed by atoms with Crippen LogP contribution in [0.4, 0.5) is 0 Å². The first kappa shape index (κ1) is 55.1. The molecule has 0 unspecified atom stereocenters. The van der Waals surface area contributed by atoms with Crippen molar-refractivity contribution in [1.29, 1.82) is 0 Å². The van der Waals surface area contributed by atoms with Crippen molar-refractivity contribution in [2.24, 2.45) is 28.1 Å². The zero-order valence-corrected chi connectivity index (χ0v) is 37.0. The number of carbonyl (C=O) groups is 10. The van der Waals surface area contributed by atoms with Gasteiger partial charge in [-0.2, -0.15) is 12.6 Å². The molecule has 0 bridgehead atoms. The van der Waals surface area contributed by atoms with Crippen molar-refractivity contribution in [2.45, 2.75) is 94.7 Å². The van der Waals surface area contributed by atoms with E-state index in [4.69, 9.17) is 17.2 Å². The highest BCUT2D eigenvalue weighted by Crippen LogP contribution is 2.19. The van der Waals surface area contributed by atoms with Gasteiger partial charge in [0.15, 0.2) is 5.96 Å². The quantitative estimate of drug-likeness (QED) is 0.0157. The van der Waals surface area contributed by atoms with E-state index in [1.54, 1.807) is 30.5 Å². The number of benzene rings is 1. The summed E-state index contributed by atoms with van der Waals surface area (Å²) >= 11 is 3.89. The van der Waals surface area contributed by atoms with Crippen molar-refractivity contribution >= 4 is 88.7 Å². The minimum atomic E-state index is -1.94. The maximum absolute atomic E-state index is 13.7. The van der Waals surface area contributed by atoms with E-state index in [9.17, 15) is 68.4 Å². The average molecular weight is 951 g/mol. The van der Waals surface area contributed by atoms with Crippen LogP contribution in [-0.2, 0) is 54.4 Å². The molecule has 1 aromatic carbocycles. The number of carbonyl (C=O) groups excluding carboxylic acids is 7. The molecule has 0 spiro atoms. The van der Waals surface area contributed by atoms with Crippen molar-refractivity contribution in [2.75, 3.05) is 25.4 Å². The Morgan fingerprint density at radius 2 is 1.32 bits per heavy atom. The smallest absolute Gasteiger partial charge is 0.326 e. The number of nitrogens with two attached hydrogens (primary N) is 3. The molecule has 26 nitrogen and oxygen atoms in total. The lowest BCUT2D eigenvalue weighted by molar-refractivity contribution is -0.143. The fraction of sp³-hybridized carbons (Fsp3) is 0.513. The highest BCUT2D eigenvalue weighted by molar-refractivity contribution is 7.80. The number of H-pyrrole nitrogens is 1. The van der Waals surface area contributed by atoms with Gasteiger partial charge in [-0.3, -0.25) is 48.1 Å². The van der Waals surface area contributed by atoms with Crippen molar-refractivity contribution < 1.29 is 68.4 Å². The molecular formula is C39H58N12O14S. The number of aliphatic imine (C=N–C) groups is 1. The number of aromatic nitrogens is 1. The summed E-state index contributed by atoms with van der Waals surface area (Å²) in [5.41, 5.74) is 17.6. The molecule has 2 rings (SSSR count). The normalized spacial score (nSPS) is 14.2. The molecule has 364 valence electrons. The van der Waals surface area contributed by atoms with Crippen molar-refractivity contribution in [3.05, 3.63) is 36.0 Å². The van der Waals surface area contributed by atoms with Crippen LogP contribution in [0, 0.1) is 5.92 Å². The van der Waals surface area contributed by atoms with E-state index in [-0.39, 0.29) is 37.5 Å². The summed E-state index contributed by atoms with van der Waals surface area (Å²) in [7, 11) is 0. The number of nitrogens with one attached hydrogen (secondary N) is 8. The number of fused-ring (bicyclic) bond motifs is 1. The number of aliphatic carboxylic acids is 3. The summed E-state index contributed by atoms with van der Waals surface area (Å²) in [5, 5.41) is 55.3. The molecular weight excluding hydrogens is 893 g/mol. The van der Waals surface area contributed by atoms with Crippen molar-refractivity contribution in [1.82, 2.24) is 42.2 Å². The molecule has 0 aliphatic carbocycles. The summed E-state index contributed by atoms with van der Waals surface area (Å²) in [6.07, 6.45) is -1.14. The lowest BCUT2D eigenvalue weighted by Gasteiger charge is -2.27. The number of aromatic amines is 1. The third-order valence-corrected chi connectivity index (χ3v) is 10.0. The SMILES string of the molecule is CC(C)[C@H](NC(=O)[C@H](CC(=O)O)NC(=O)[C@H](CCC(=O)O)NC(=O)[C@H](CCCN=C(N)N)NC(=O)CNC(=O)[C@H](CO)NC(=O)[C@@H](N)CS)C(=O)N[C@@H](Cc1c[nH]c2ccccc12)C(=O)O. The Balaban J connectivity index is 2.28. The maximum Gasteiger partial charge on any atom is 0.326 e. The average Bonchev–Trinajstić information content (AvgIpc) is 3.66. The lowest BCUT2D eigenvalue weighted by Crippen LogP contribution is -2.60. The Bertz CT molecular complexity index is 2100. The fourth-order valence-corrected chi connectivity index (χ4v) is 6.27. The summed E-state index contributed by atoms with van der Waals surface area (Å²) in [5.74, 6) is -12.8. The van der Waals surface area contributed by atoms with Gasteiger partial charge in [-0.05, 0) is 36.8 Å². The number of nitrogens with zero attached hydrogens (tertiary/aromatic N) is 1. The van der Waals surface area contributed by atoms with Crippen LogP contribution in [0.2, 0.25) is 0 Å². The molecule has 0 aliphatic heterocycles. The summed E-state index contributed by atoms with van der Waals surface area (Å²) in [4.78, 5) is 135. The highest BCUT2D eigenvalue weighted by Gasteiger charge is 2.35. The van der Waals surface area contributed by atoms with Crippen LogP contribution in [0.1, 0.15) is 51.5 Å². The second kappa shape index (κ2) is 27.4. The van der Waals surface area contributed by atoms with Crippen molar-refractivity contribution in [3.8, 4) is 0 Å². The van der Waals surface area contributed by atoms with Crippen LogP contribution in [0.5, 0.6) is 0 Å². The van der Waals surface area contributed by atoms with E-state index in [0.717, 1.165) is 10.9 Å². The number of para-hydroxylation sites is 1. The first-order valence-electron chi connectivity index (χ1n) is 20.4. The minimum Gasteiger partial charge on any atom is -0.481 e. The predicted octanol–water partition coefficient (Wildman–Crippen LogP) is -4.88. The minimum absolute atomic E-state index is 0.0420. The molecule has 1 heterocycles. The number of aliphatic hydroxyl groups is 1. The second-order valence-corrected chi connectivity index (χ2v) is 15.5. The molecule has 0 fully saturated rings. The van der Waals surface area contributed by atoms with E-state index in [1.165, 1.54) is 13.8 Å². The second-order valence-electron chi connectivity index (χ2n) is 15.2. The lowest BCUT2D eigenvalue weighted by atomic mass is 10.00. The van der Waals surface area contributed by atoms with Gasteiger partial charge in [0, 0.05) is 42.2 Å². The van der Waals surface area contributed by atoms with E-state index < -0.39 is 140 Å². The van der Waals surface area contributed by atoms with Gasteiger partial charge < -0.3 is 79.8 Å². The molecule has 0 radical (unpaired) electrons. The fourth-order valence-electron chi connectivity index (χ4n) is 6.10. The molecule has 7 atom stereocenters. The molecule has 0 aliphatic rings. The molecule has 2 aromatic rings. The van der Waals surface area contributed by atoms with Crippen LogP contribution in [-0.4, -0.2) is 158 Å². The van der Waals surface area contributed by atoms with E-state index in [2.05, 4.69) is 59.8 Å². The molecule has 1 aromatic heterocycles. The maximum atomic E-state index is 13.7. The first-order chi connectivity index (χ1) is 31.1. The molecule has 27 heteroatoms. The van der Waals surface area contributed by atoms with Crippen LogP contribution in [0.25, 0.3) is 10.9 Å². The number of hydrogen-bond donors (Lipinski definition) is 16. The molecule has 7 amide bonds. The number of carboxylic acid groups (broad SMARTS) is 3. The monoisotopic (exact) mass is 950 g/mol. The zero-order valence-electron chi connectivity index (χ0n) is 36.1. The van der Waals surface area contributed by atoms with Crippen LogP contribution in [0.15, 0.2) is 35.5 Å². The van der Waals surface area contributed by atoms with Gasteiger partial charge in [0.1, 0.15) is 36.3 Å². The Kier molecular flexibility index (Phi) is 22.8. The Morgan fingerprint density at radius 3 is 1.89 bits per heavy atom. The van der Waals surface area contributed by atoms with Gasteiger partial charge in [-0.15, -0.1) is 0 Å². The number of thiol groups is 1. The third kappa shape index (κ3) is 18.6. The van der Waals surface area contributed by atoms with E-state index in [1.807, 2.05) is 0 Å². The number of amides is 7. The molecule has 0 saturated carbocycles. The molecule has 66 heavy (non-hydrogen) atoms. The van der Waals surface area contributed by atoms with Crippen LogP contribution < -0.4 is 54.4 Å². The predicted molar refractivity (Wildman–Crippen MR) is 237 cm³/mol. The standard InChI is InChI=1S/C39H58N12O14S/c1-18(2)31(37(63)49-26(38(64)65)12-19-14-44-22-7-4-3-6-20(19)22)51-36(62)25(13-30(56)57)48-35(61)24(9-10-29(54)55)47-34(60)23(8-5-11-43-39(41)42)46-28(53)15-45-33(59)27(16-52)50-32(58)21(40)17-66/h3-4,6-7,14,18,21,23-27,31,44,52,66H,5,8-13,15-17,40H2,1-2H3,(H,45,59)(H,46,53)(H,47,60)(H,48,61)(H,49,63)(H,50,58)(H,51,62)(H,54,55)(H,56,57)(H,64,65)(H4,41,42,43)/t21-,23-,24-,25-,26-,27-,31-/m0/s1. The highest BCUT2D eigenvalue weighted by atomic mass is 32.1. The van der Waals surface area contributed by atoms with Crippen LogP contribution >= 0.6 is 12.6 Å². The number of guanidine groups is 1. The molecule has 0 saturated heterocycles. The van der Waals surface area contributed by atoms with Gasteiger partial charge in [-0.1, -0.05) is 32.0 Å². The summed E-state index contributed by atoms with van der Waals surface area (Å²) < 4.78 is 0. The van der Waals surface area contributed by atoms with Crippen LogP contribution in [0.3, 0.4) is 0 Å². The number of carboxylic acids is 3. The third-order valence-electron chi connectivity index (χ3n) is 9.62. The Morgan fingerprint density at radius 1 is 0.727 bits per heavy atom. The van der Waals surface area contributed by atoms with Gasteiger partial charge in [0.05, 0.1) is 25.6 Å². The number of hydrogen-bond acceptors (Lipinski definition) is 14. The molecule has 18 N–H and O–H groups in total. The Labute approximate surface area is 382 Å². The number of rotatable bonds is 29. The largest absolute Gasteiger partial charge is 0.481 e. The topological polar surface area (TPSA) is 442 Å². The van der Waals surface area contributed by atoms with Gasteiger partial charge in [0.2, 0.25) is 41.4 Å². The van der Waals surface area contributed by atoms with E-state index >= 15 is 0 Å². The van der Waals surface area contributed by atoms with Gasteiger partial charge in [0.25, 0.3) is 0 Å². The van der Waals surface area contributed by atoms with Crippen molar-refractivity contribution in [3.63, 3.8) is 0 Å².